The summed E-state index contributed by atoms with van der Waals surface area (Å²) >= 11 is 5.29. The number of hydrazine groups is 1. The van der Waals surface area contributed by atoms with E-state index in [2.05, 4.69) is 30.0 Å². The van der Waals surface area contributed by atoms with Gasteiger partial charge in [0.2, 0.25) is 0 Å². The van der Waals surface area contributed by atoms with Crippen molar-refractivity contribution in [2.75, 3.05) is 13.7 Å². The van der Waals surface area contributed by atoms with E-state index in [-0.39, 0.29) is 12.5 Å². The van der Waals surface area contributed by atoms with Crippen LogP contribution in [0.1, 0.15) is 38.7 Å². The standard InChI is InChI=1S/C21H28N4O3S/c1-14-5-4-6-17(15(14)2)23-21(29)25-24-20(26)10-8-16-7-9-18(28-12-11-22)19(13-16)27-3/h7-10,13-15,17H,4-6,12H2,1-3H3,(H,24,26)(H2,23,25,29)/b10-8+/t14-,15-,17+/m1/s1. The van der Waals surface area contributed by atoms with E-state index in [1.54, 1.807) is 24.3 Å². The van der Waals surface area contributed by atoms with Gasteiger partial charge in [0, 0.05) is 12.1 Å². The minimum atomic E-state index is -0.331. The highest BCUT2D eigenvalue weighted by Crippen LogP contribution is 2.29. The van der Waals surface area contributed by atoms with Crippen LogP contribution in [0.2, 0.25) is 0 Å². The highest BCUT2D eigenvalue weighted by atomic mass is 32.1. The molecule has 1 aromatic carbocycles. The molecule has 7 nitrogen and oxygen atoms in total. The molecule has 0 aromatic heterocycles. The molecule has 0 bridgehead atoms. The van der Waals surface area contributed by atoms with Gasteiger partial charge in [-0.25, -0.2) is 0 Å². The molecule has 156 valence electrons. The fourth-order valence-electron chi connectivity index (χ4n) is 3.34. The van der Waals surface area contributed by atoms with Crippen LogP contribution in [0.25, 0.3) is 6.08 Å². The van der Waals surface area contributed by atoms with Gasteiger partial charge >= 0.3 is 0 Å². The van der Waals surface area contributed by atoms with Crippen molar-refractivity contribution >= 4 is 29.3 Å². The largest absolute Gasteiger partial charge is 0.493 e. The first-order valence-electron chi connectivity index (χ1n) is 9.67. The van der Waals surface area contributed by atoms with Gasteiger partial charge in [0.1, 0.15) is 6.07 Å². The third kappa shape index (κ3) is 6.95. The molecule has 0 heterocycles. The van der Waals surface area contributed by atoms with Crippen LogP contribution in [-0.4, -0.2) is 30.8 Å². The summed E-state index contributed by atoms with van der Waals surface area (Å²) in [6, 6.07) is 7.41. The van der Waals surface area contributed by atoms with Crippen LogP contribution >= 0.6 is 12.2 Å². The Balaban J connectivity index is 1.83. The lowest BCUT2D eigenvalue weighted by molar-refractivity contribution is -0.116. The van der Waals surface area contributed by atoms with Crippen LogP contribution in [0.4, 0.5) is 0 Å². The van der Waals surface area contributed by atoms with Crippen molar-refractivity contribution < 1.29 is 14.3 Å². The number of nitrogens with zero attached hydrogens (tertiary/aromatic N) is 1. The average molecular weight is 417 g/mol. The number of thiocarbonyl (C=S) groups is 1. The van der Waals surface area contributed by atoms with Crippen LogP contribution in [0.3, 0.4) is 0 Å². The van der Waals surface area contributed by atoms with Gasteiger partial charge in [-0.3, -0.25) is 15.6 Å². The minimum Gasteiger partial charge on any atom is -0.493 e. The first-order valence-corrected chi connectivity index (χ1v) is 10.1. The van der Waals surface area contributed by atoms with E-state index in [4.69, 9.17) is 27.0 Å². The molecular weight excluding hydrogens is 388 g/mol. The number of benzene rings is 1. The molecule has 0 unspecified atom stereocenters. The maximum Gasteiger partial charge on any atom is 0.262 e. The molecule has 29 heavy (non-hydrogen) atoms. The van der Waals surface area contributed by atoms with Gasteiger partial charge in [-0.1, -0.05) is 32.8 Å². The van der Waals surface area contributed by atoms with Crippen molar-refractivity contribution in [3.8, 4) is 17.6 Å². The number of hydrogen-bond donors (Lipinski definition) is 3. The summed E-state index contributed by atoms with van der Waals surface area (Å²) in [7, 11) is 1.51. The molecule has 3 atom stereocenters. The molecular formula is C21H28N4O3S. The summed E-state index contributed by atoms with van der Waals surface area (Å²) in [5, 5.41) is 12.3. The van der Waals surface area contributed by atoms with Crippen LogP contribution in [-0.2, 0) is 4.79 Å². The Labute approximate surface area is 177 Å². The molecule has 1 aliphatic carbocycles. The highest BCUT2D eigenvalue weighted by Gasteiger charge is 2.27. The monoisotopic (exact) mass is 416 g/mol. The number of rotatable bonds is 6. The molecule has 0 aliphatic heterocycles. The minimum absolute atomic E-state index is 0.0634. The molecule has 0 saturated heterocycles. The Hall–Kier alpha value is -2.79. The number of amides is 1. The predicted octanol–water partition coefficient (Wildman–Crippen LogP) is 2.93. The van der Waals surface area contributed by atoms with Gasteiger partial charge in [-0.2, -0.15) is 5.26 Å². The molecule has 1 aliphatic rings. The second-order valence-corrected chi connectivity index (χ2v) is 7.56. The van der Waals surface area contributed by atoms with Gasteiger partial charge in [0.15, 0.2) is 23.2 Å². The molecule has 3 N–H and O–H groups in total. The molecule has 1 amide bonds. The number of nitrogens with one attached hydrogen (secondary N) is 3. The van der Waals surface area contributed by atoms with Gasteiger partial charge in [0.05, 0.1) is 7.11 Å². The Kier molecular flexibility index (Phi) is 8.74. The fraction of sp³-hybridized carbons (Fsp3) is 0.476. The van der Waals surface area contributed by atoms with E-state index in [0.29, 0.717) is 34.5 Å². The Bertz CT molecular complexity index is 791. The van der Waals surface area contributed by atoms with E-state index in [0.717, 1.165) is 12.0 Å². The van der Waals surface area contributed by atoms with Gasteiger partial charge < -0.3 is 14.8 Å². The smallest absolute Gasteiger partial charge is 0.262 e. The van der Waals surface area contributed by atoms with Crippen LogP contribution in [0.5, 0.6) is 11.5 Å². The predicted molar refractivity (Wildman–Crippen MR) is 116 cm³/mol. The second-order valence-electron chi connectivity index (χ2n) is 7.15. The molecule has 0 spiro atoms. The summed E-state index contributed by atoms with van der Waals surface area (Å²) in [6.45, 7) is 4.43. The van der Waals surface area contributed by atoms with Crippen molar-refractivity contribution in [2.24, 2.45) is 11.8 Å². The number of hydrogen-bond acceptors (Lipinski definition) is 5. The zero-order valence-corrected chi connectivity index (χ0v) is 17.8. The summed E-state index contributed by atoms with van der Waals surface area (Å²) in [6.07, 6.45) is 6.56. The second kappa shape index (κ2) is 11.3. The Morgan fingerprint density at radius 2 is 2.10 bits per heavy atom. The summed E-state index contributed by atoms with van der Waals surface area (Å²) in [5.74, 6) is 1.83. The zero-order chi connectivity index (χ0) is 21.2. The summed E-state index contributed by atoms with van der Waals surface area (Å²) < 4.78 is 10.5. The SMILES string of the molecule is COc1cc(/C=C/C(=O)NNC(=S)N[C@H]2CCC[C@@H](C)[C@H]2C)ccc1OCC#N. The molecule has 1 saturated carbocycles. The zero-order valence-electron chi connectivity index (χ0n) is 17.0. The summed E-state index contributed by atoms with van der Waals surface area (Å²) in [5.41, 5.74) is 6.07. The number of carbonyl (C=O) groups excluding carboxylic acids is 1. The van der Waals surface area contributed by atoms with E-state index >= 15 is 0 Å². The topological polar surface area (TPSA) is 95.4 Å². The average Bonchev–Trinajstić information content (AvgIpc) is 2.72. The lowest BCUT2D eigenvalue weighted by Gasteiger charge is -2.35. The van der Waals surface area contributed by atoms with Crippen LogP contribution in [0, 0.1) is 23.2 Å². The van der Waals surface area contributed by atoms with E-state index in [1.165, 1.54) is 26.0 Å². The number of nitriles is 1. The molecule has 2 rings (SSSR count). The normalized spacial score (nSPS) is 21.1. The van der Waals surface area contributed by atoms with Crippen molar-refractivity contribution in [3.05, 3.63) is 29.8 Å². The van der Waals surface area contributed by atoms with Gasteiger partial charge in [0.25, 0.3) is 5.91 Å². The van der Waals surface area contributed by atoms with E-state index in [9.17, 15) is 4.79 Å². The quantitative estimate of drug-likeness (QED) is 0.373. The molecule has 0 radical (unpaired) electrons. The lowest BCUT2D eigenvalue weighted by atomic mass is 9.78. The third-order valence-electron chi connectivity index (χ3n) is 5.23. The van der Waals surface area contributed by atoms with E-state index in [1.807, 2.05) is 6.07 Å². The molecule has 8 heteroatoms. The van der Waals surface area contributed by atoms with Crippen molar-refractivity contribution in [2.45, 2.75) is 39.2 Å². The maximum absolute atomic E-state index is 12.1. The van der Waals surface area contributed by atoms with E-state index < -0.39 is 0 Å². The Morgan fingerprint density at radius 1 is 1.31 bits per heavy atom. The van der Waals surface area contributed by atoms with Crippen LogP contribution in [0.15, 0.2) is 24.3 Å². The van der Waals surface area contributed by atoms with Crippen molar-refractivity contribution in [3.63, 3.8) is 0 Å². The first-order chi connectivity index (χ1) is 13.9. The first kappa shape index (κ1) is 22.5. The number of ether oxygens (including phenoxy) is 2. The third-order valence-corrected chi connectivity index (χ3v) is 5.45. The van der Waals surface area contributed by atoms with Crippen molar-refractivity contribution in [1.29, 1.82) is 5.26 Å². The maximum atomic E-state index is 12.1. The van der Waals surface area contributed by atoms with Gasteiger partial charge in [-0.05, 0) is 54.2 Å². The van der Waals surface area contributed by atoms with Crippen LogP contribution < -0.4 is 25.6 Å². The van der Waals surface area contributed by atoms with Crippen molar-refractivity contribution in [1.82, 2.24) is 16.2 Å². The number of carbonyl (C=O) groups is 1. The molecule has 1 aromatic rings. The summed E-state index contributed by atoms with van der Waals surface area (Å²) in [4.78, 5) is 12.1. The fourth-order valence-corrected chi connectivity index (χ4v) is 3.54. The molecule has 1 fully saturated rings. The Morgan fingerprint density at radius 3 is 2.83 bits per heavy atom. The number of methoxy groups -OCH3 is 1. The highest BCUT2D eigenvalue weighted by molar-refractivity contribution is 7.80. The lowest BCUT2D eigenvalue weighted by Crippen LogP contribution is -2.52. The van der Waals surface area contributed by atoms with Gasteiger partial charge in [-0.15, -0.1) is 0 Å².